The Kier molecular flexibility index (Phi) is 1.48. The van der Waals surface area contributed by atoms with Gasteiger partial charge in [-0.25, -0.2) is 5.43 Å². The van der Waals surface area contributed by atoms with Crippen molar-refractivity contribution in [1.29, 1.82) is 0 Å². The van der Waals surface area contributed by atoms with Gasteiger partial charge >= 0.3 is 6.02 Å². The van der Waals surface area contributed by atoms with Gasteiger partial charge in [-0.1, -0.05) is 30.3 Å². The summed E-state index contributed by atoms with van der Waals surface area (Å²) in [5.41, 5.74) is 3.78. The molecule has 0 spiro atoms. The maximum absolute atomic E-state index is 5.18. The van der Waals surface area contributed by atoms with Crippen LogP contribution in [0.4, 0.5) is 0 Å². The molecule has 1 N–H and O–H groups in total. The molecule has 1 aromatic carbocycles. The summed E-state index contributed by atoms with van der Waals surface area (Å²) in [6.07, 6.45) is 0. The van der Waals surface area contributed by atoms with E-state index in [1.165, 1.54) is 0 Å². The molecule has 0 unspecified atom stereocenters. The molecule has 0 saturated heterocycles. The van der Waals surface area contributed by atoms with Crippen molar-refractivity contribution in [1.82, 2.24) is 5.43 Å². The standard InChI is InChI=1S/C8H8N2O/c1-2-4-7(5-3-1)6-11-8-9-10-8/h1-5H,6H2,(H,9,10). The highest BCUT2D eigenvalue weighted by Gasteiger charge is 2.09. The number of hydrogen-bond acceptors (Lipinski definition) is 3. The van der Waals surface area contributed by atoms with E-state index >= 15 is 0 Å². The van der Waals surface area contributed by atoms with Crippen LogP contribution < -0.4 is 5.43 Å². The fourth-order valence-corrected chi connectivity index (χ4v) is 0.813. The molecule has 0 fully saturated rings. The maximum Gasteiger partial charge on any atom is 0.328 e. The summed E-state index contributed by atoms with van der Waals surface area (Å²) in [4.78, 5) is 0. The van der Waals surface area contributed by atoms with Crippen molar-refractivity contribution in [2.45, 2.75) is 6.61 Å². The molecule has 1 aliphatic heterocycles. The van der Waals surface area contributed by atoms with Crippen LogP contribution in [0.15, 0.2) is 35.4 Å². The highest BCUT2D eigenvalue weighted by molar-refractivity contribution is 5.82. The first-order valence-corrected chi connectivity index (χ1v) is 3.45. The van der Waals surface area contributed by atoms with E-state index in [0.717, 1.165) is 5.56 Å². The number of amidine groups is 1. The predicted molar refractivity (Wildman–Crippen MR) is 41.8 cm³/mol. The molecule has 0 atom stereocenters. The lowest BCUT2D eigenvalue weighted by atomic mass is 10.2. The third-order valence-corrected chi connectivity index (χ3v) is 1.42. The zero-order valence-corrected chi connectivity index (χ0v) is 5.95. The average molecular weight is 148 g/mol. The van der Waals surface area contributed by atoms with Crippen molar-refractivity contribution < 1.29 is 4.74 Å². The smallest absolute Gasteiger partial charge is 0.328 e. The van der Waals surface area contributed by atoms with Gasteiger partial charge in [0.05, 0.1) is 0 Å². The molecular formula is C8H8N2O. The molecule has 1 aliphatic rings. The van der Waals surface area contributed by atoms with E-state index in [1.54, 1.807) is 0 Å². The second-order valence-electron chi connectivity index (χ2n) is 2.30. The number of nitrogens with one attached hydrogen (secondary N) is 1. The Hall–Kier alpha value is -1.51. The number of rotatable bonds is 2. The molecule has 0 aliphatic carbocycles. The summed E-state index contributed by atoms with van der Waals surface area (Å²) < 4.78 is 5.18. The van der Waals surface area contributed by atoms with Crippen molar-refractivity contribution >= 4 is 6.02 Å². The second-order valence-corrected chi connectivity index (χ2v) is 2.30. The van der Waals surface area contributed by atoms with Crippen LogP contribution in [-0.2, 0) is 11.3 Å². The first-order chi connectivity index (χ1) is 5.45. The van der Waals surface area contributed by atoms with Gasteiger partial charge in [0.25, 0.3) is 0 Å². The largest absolute Gasteiger partial charge is 0.458 e. The van der Waals surface area contributed by atoms with Crippen LogP contribution in [0.5, 0.6) is 0 Å². The normalized spacial score (nSPS) is 13.3. The molecule has 1 aromatic rings. The van der Waals surface area contributed by atoms with Crippen molar-refractivity contribution in [3.05, 3.63) is 35.9 Å². The molecule has 0 saturated carbocycles. The monoisotopic (exact) mass is 148 g/mol. The van der Waals surface area contributed by atoms with Crippen LogP contribution in [-0.4, -0.2) is 6.02 Å². The molecule has 0 amide bonds. The zero-order chi connectivity index (χ0) is 7.52. The van der Waals surface area contributed by atoms with Crippen LogP contribution in [0.1, 0.15) is 5.56 Å². The molecule has 11 heavy (non-hydrogen) atoms. The van der Waals surface area contributed by atoms with E-state index in [-0.39, 0.29) is 0 Å². The molecule has 3 nitrogen and oxygen atoms in total. The summed E-state index contributed by atoms with van der Waals surface area (Å²) in [6.45, 7) is 0.590. The molecular weight excluding hydrogens is 140 g/mol. The van der Waals surface area contributed by atoms with E-state index in [0.29, 0.717) is 12.6 Å². The van der Waals surface area contributed by atoms with E-state index in [4.69, 9.17) is 4.74 Å². The molecule has 0 aromatic heterocycles. The number of nitrogens with zero attached hydrogens (tertiary/aromatic N) is 1. The third kappa shape index (κ3) is 1.70. The van der Waals surface area contributed by atoms with Crippen molar-refractivity contribution in [2.24, 2.45) is 5.10 Å². The molecule has 1 heterocycles. The van der Waals surface area contributed by atoms with Gasteiger partial charge in [0.1, 0.15) is 6.61 Å². The van der Waals surface area contributed by atoms with Crippen LogP contribution in [0.3, 0.4) is 0 Å². The first-order valence-electron chi connectivity index (χ1n) is 3.45. The minimum Gasteiger partial charge on any atom is -0.458 e. The second kappa shape index (κ2) is 2.62. The summed E-state index contributed by atoms with van der Waals surface area (Å²) in [7, 11) is 0. The van der Waals surface area contributed by atoms with Gasteiger partial charge in [0.15, 0.2) is 0 Å². The number of hydrogen-bond donors (Lipinski definition) is 1. The molecule has 56 valence electrons. The van der Waals surface area contributed by atoms with Gasteiger partial charge in [-0.05, 0) is 5.56 Å². The van der Waals surface area contributed by atoms with Crippen molar-refractivity contribution in [3.8, 4) is 0 Å². The maximum atomic E-state index is 5.18. The SMILES string of the molecule is c1ccc(COC2=NN2)cc1. The minimum atomic E-state index is 0.590. The lowest BCUT2D eigenvalue weighted by Crippen LogP contribution is -1.99. The number of ether oxygens (including phenoxy) is 1. The van der Waals surface area contributed by atoms with Crippen molar-refractivity contribution in [2.75, 3.05) is 0 Å². The Morgan fingerprint density at radius 2 is 2.00 bits per heavy atom. The van der Waals surface area contributed by atoms with Crippen molar-refractivity contribution in [3.63, 3.8) is 0 Å². The Balaban J connectivity index is 1.90. The van der Waals surface area contributed by atoms with E-state index < -0.39 is 0 Å². The molecule has 0 bridgehead atoms. The number of benzene rings is 1. The summed E-state index contributed by atoms with van der Waals surface area (Å²) in [5, 5.41) is 3.66. The van der Waals surface area contributed by atoms with Gasteiger partial charge in [-0.15, -0.1) is 5.10 Å². The van der Waals surface area contributed by atoms with E-state index in [9.17, 15) is 0 Å². The van der Waals surface area contributed by atoms with Crippen LogP contribution >= 0.6 is 0 Å². The summed E-state index contributed by atoms with van der Waals surface area (Å²) >= 11 is 0. The van der Waals surface area contributed by atoms with Crippen LogP contribution in [0.25, 0.3) is 0 Å². The molecule has 2 rings (SSSR count). The van der Waals surface area contributed by atoms with Gasteiger partial charge in [0, 0.05) is 0 Å². The quantitative estimate of drug-likeness (QED) is 0.681. The number of hydrazone groups is 1. The van der Waals surface area contributed by atoms with E-state index in [1.807, 2.05) is 30.3 Å². The van der Waals surface area contributed by atoms with Crippen LogP contribution in [0, 0.1) is 0 Å². The summed E-state index contributed by atoms with van der Waals surface area (Å²) in [5.74, 6) is 0. The third-order valence-electron chi connectivity index (χ3n) is 1.42. The lowest BCUT2D eigenvalue weighted by Gasteiger charge is -1.97. The Morgan fingerprint density at radius 1 is 1.27 bits per heavy atom. The predicted octanol–water partition coefficient (Wildman–Crippen LogP) is 1.08. The fourth-order valence-electron chi connectivity index (χ4n) is 0.813. The first kappa shape index (κ1) is 6.22. The molecule has 0 radical (unpaired) electrons. The average Bonchev–Trinajstić information content (AvgIpc) is 2.86. The lowest BCUT2D eigenvalue weighted by molar-refractivity contribution is 0.297. The van der Waals surface area contributed by atoms with Gasteiger partial charge in [-0.2, -0.15) is 0 Å². The molecule has 3 heteroatoms. The van der Waals surface area contributed by atoms with E-state index in [2.05, 4.69) is 10.5 Å². The zero-order valence-electron chi connectivity index (χ0n) is 5.95. The topological polar surface area (TPSA) is 43.5 Å². The Morgan fingerprint density at radius 3 is 2.64 bits per heavy atom. The minimum absolute atomic E-state index is 0.590. The van der Waals surface area contributed by atoms with Gasteiger partial charge < -0.3 is 4.74 Å². The highest BCUT2D eigenvalue weighted by atomic mass is 16.5. The van der Waals surface area contributed by atoms with Gasteiger partial charge in [0.2, 0.25) is 0 Å². The Labute approximate surface area is 64.7 Å². The highest BCUT2D eigenvalue weighted by Crippen LogP contribution is 2.02. The van der Waals surface area contributed by atoms with Crippen LogP contribution in [0.2, 0.25) is 0 Å². The fraction of sp³-hybridized carbons (Fsp3) is 0.125. The summed E-state index contributed by atoms with van der Waals surface area (Å²) in [6, 6.07) is 10.6. The van der Waals surface area contributed by atoms with Gasteiger partial charge in [-0.3, -0.25) is 0 Å². The Bertz CT molecular complexity index is 269.